The normalized spacial score (nSPS) is 17.5. The third-order valence-corrected chi connectivity index (χ3v) is 7.55. The number of hydrogen-bond donors (Lipinski definition) is 4. The van der Waals surface area contributed by atoms with Gasteiger partial charge >= 0.3 is 18.2 Å². The molecule has 3 aromatic rings. The second-order valence-corrected chi connectivity index (χ2v) is 11.2. The first-order valence-corrected chi connectivity index (χ1v) is 14.2. The number of carboxylic acid groups (broad SMARTS) is 1. The summed E-state index contributed by atoms with van der Waals surface area (Å²) in [5, 5.41) is 24.2. The third kappa shape index (κ3) is 8.31. The fraction of sp³-hybridized carbons (Fsp3) is 0.344. The zero-order valence-corrected chi connectivity index (χ0v) is 25.0. The number of carbonyl (C=O) groups excluding carboxylic acids is 2. The monoisotopic (exact) mass is 628 g/mol. The van der Waals surface area contributed by atoms with E-state index in [0.717, 1.165) is 29.8 Å². The average Bonchev–Trinajstić information content (AvgIpc) is 2.99. The van der Waals surface area contributed by atoms with Crippen LogP contribution in [-0.4, -0.2) is 76.8 Å². The summed E-state index contributed by atoms with van der Waals surface area (Å²) in [4.78, 5) is 41.4. The highest BCUT2D eigenvalue weighted by molar-refractivity contribution is 6.04. The van der Waals surface area contributed by atoms with Crippen molar-refractivity contribution in [3.8, 4) is 5.75 Å². The first kappa shape index (κ1) is 33.3. The maximum absolute atomic E-state index is 13.7. The molecule has 0 aliphatic carbocycles. The SMILES string of the molecule is C[C@H]1CN([C@@H](C)CO)C(=O)c2cccc(NC(=O)Nc3ccc(C(F)(F)F)cc3)c2O[C@@H]1CN(C)Cc1ccc(C(=O)O)cc1. The van der Waals surface area contributed by atoms with Gasteiger partial charge in [-0.1, -0.05) is 25.1 Å². The van der Waals surface area contributed by atoms with Gasteiger partial charge in [-0.2, -0.15) is 13.2 Å². The number of aliphatic hydroxyl groups is 1. The number of carboxylic acids is 1. The van der Waals surface area contributed by atoms with Gasteiger partial charge in [-0.25, -0.2) is 9.59 Å². The minimum absolute atomic E-state index is 0.121. The van der Waals surface area contributed by atoms with Crippen LogP contribution in [-0.2, 0) is 12.7 Å². The topological polar surface area (TPSA) is 131 Å². The standard InChI is InChI=1S/C32H35F3N4O6/c1-19-15-39(20(2)18-40)29(41)25-5-4-6-26(37-31(44)36-24-13-11-23(12-14-24)32(33,34)35)28(25)45-27(19)17-38(3)16-21-7-9-22(10-8-21)30(42)43/h4-14,19-20,27,40H,15-18H2,1-3H3,(H,42,43)(H2,36,37,44)/t19-,20-,27+/m0/s1. The number of amides is 3. The van der Waals surface area contributed by atoms with Gasteiger partial charge in [0.2, 0.25) is 0 Å². The molecule has 240 valence electrons. The second kappa shape index (κ2) is 14.0. The Bertz CT molecular complexity index is 1510. The number of carbonyl (C=O) groups is 3. The van der Waals surface area contributed by atoms with Crippen molar-refractivity contribution < 1.29 is 42.5 Å². The van der Waals surface area contributed by atoms with E-state index in [1.54, 1.807) is 42.2 Å². The maximum atomic E-state index is 13.7. The predicted molar refractivity (Wildman–Crippen MR) is 161 cm³/mol. The van der Waals surface area contributed by atoms with Crippen molar-refractivity contribution in [2.75, 3.05) is 37.4 Å². The van der Waals surface area contributed by atoms with Gasteiger partial charge in [-0.3, -0.25) is 9.69 Å². The lowest BCUT2D eigenvalue weighted by atomic mass is 9.98. The van der Waals surface area contributed by atoms with Crippen LogP contribution >= 0.6 is 0 Å². The van der Waals surface area contributed by atoms with Crippen LogP contribution in [0.4, 0.5) is 29.3 Å². The number of anilines is 2. The van der Waals surface area contributed by atoms with Crippen LogP contribution in [0.1, 0.15) is 45.7 Å². The number of urea groups is 1. The van der Waals surface area contributed by atoms with E-state index < -0.39 is 41.8 Å². The lowest BCUT2D eigenvalue weighted by Crippen LogP contribution is -2.49. The molecule has 0 fully saturated rings. The van der Waals surface area contributed by atoms with Crippen molar-refractivity contribution >= 4 is 29.3 Å². The molecule has 10 nitrogen and oxygen atoms in total. The van der Waals surface area contributed by atoms with Crippen molar-refractivity contribution in [3.05, 3.63) is 89.0 Å². The molecule has 4 rings (SSSR count). The van der Waals surface area contributed by atoms with Crippen molar-refractivity contribution in [2.24, 2.45) is 5.92 Å². The molecule has 0 bridgehead atoms. The number of rotatable bonds is 9. The summed E-state index contributed by atoms with van der Waals surface area (Å²) in [6.45, 7) is 4.54. The van der Waals surface area contributed by atoms with Crippen molar-refractivity contribution in [2.45, 2.75) is 38.7 Å². The highest BCUT2D eigenvalue weighted by atomic mass is 19.4. The summed E-state index contributed by atoms with van der Waals surface area (Å²) in [5.74, 6) is -1.51. The first-order valence-electron chi connectivity index (χ1n) is 14.2. The summed E-state index contributed by atoms with van der Waals surface area (Å²) in [6.07, 6.45) is -5.01. The number of ether oxygens (including phenoxy) is 1. The molecule has 1 heterocycles. The van der Waals surface area contributed by atoms with Gasteiger partial charge in [0, 0.05) is 31.2 Å². The molecule has 3 amide bonds. The Balaban J connectivity index is 1.59. The number of fused-ring (bicyclic) bond motifs is 1. The molecule has 1 aliphatic heterocycles. The predicted octanol–water partition coefficient (Wildman–Crippen LogP) is 5.40. The molecule has 0 saturated carbocycles. The van der Waals surface area contributed by atoms with Crippen molar-refractivity contribution in [3.63, 3.8) is 0 Å². The molecule has 3 atom stereocenters. The second-order valence-electron chi connectivity index (χ2n) is 11.2. The van der Waals surface area contributed by atoms with Crippen LogP contribution in [0, 0.1) is 5.92 Å². The van der Waals surface area contributed by atoms with E-state index in [1.165, 1.54) is 12.1 Å². The number of para-hydroxylation sites is 1. The molecule has 0 spiro atoms. The van der Waals surface area contributed by atoms with Crippen molar-refractivity contribution in [1.29, 1.82) is 0 Å². The lowest BCUT2D eigenvalue weighted by Gasteiger charge is -2.38. The summed E-state index contributed by atoms with van der Waals surface area (Å²) < 4.78 is 45.3. The number of likely N-dealkylation sites (N-methyl/N-ethyl adjacent to an activating group) is 1. The number of aliphatic hydroxyl groups excluding tert-OH is 1. The number of halogens is 3. The molecular weight excluding hydrogens is 593 g/mol. The summed E-state index contributed by atoms with van der Waals surface area (Å²) in [5.41, 5.74) is 0.687. The lowest BCUT2D eigenvalue weighted by molar-refractivity contribution is -0.137. The van der Waals surface area contributed by atoms with E-state index >= 15 is 0 Å². The van der Waals surface area contributed by atoms with Crippen LogP contribution in [0.2, 0.25) is 0 Å². The van der Waals surface area contributed by atoms with Gasteiger partial charge in [-0.05, 0) is 68.1 Å². The Morgan fingerprint density at radius 3 is 2.33 bits per heavy atom. The van der Waals surface area contributed by atoms with Crippen LogP contribution in [0.5, 0.6) is 5.75 Å². The summed E-state index contributed by atoms with van der Waals surface area (Å²) in [7, 11) is 1.88. The van der Waals surface area contributed by atoms with Crippen LogP contribution in [0.3, 0.4) is 0 Å². The van der Waals surface area contributed by atoms with Crippen LogP contribution in [0.15, 0.2) is 66.7 Å². The smallest absolute Gasteiger partial charge is 0.416 e. The molecule has 45 heavy (non-hydrogen) atoms. The zero-order valence-electron chi connectivity index (χ0n) is 25.0. The summed E-state index contributed by atoms with van der Waals surface area (Å²) in [6, 6.07) is 13.9. The van der Waals surface area contributed by atoms with Gasteiger partial charge in [0.1, 0.15) is 6.10 Å². The molecule has 3 aromatic carbocycles. The molecule has 0 aromatic heterocycles. The number of alkyl halides is 3. The Morgan fingerprint density at radius 2 is 1.73 bits per heavy atom. The number of benzene rings is 3. The number of nitrogens with one attached hydrogen (secondary N) is 2. The van der Waals surface area contributed by atoms with E-state index in [9.17, 15) is 37.8 Å². The maximum Gasteiger partial charge on any atom is 0.416 e. The fourth-order valence-corrected chi connectivity index (χ4v) is 5.02. The van der Waals surface area contributed by atoms with E-state index in [1.807, 2.05) is 18.9 Å². The molecule has 0 radical (unpaired) electrons. The third-order valence-electron chi connectivity index (χ3n) is 7.55. The Hall–Kier alpha value is -4.62. The molecule has 0 unspecified atom stereocenters. The van der Waals surface area contributed by atoms with Gasteiger partial charge in [-0.15, -0.1) is 0 Å². The Morgan fingerprint density at radius 1 is 1.07 bits per heavy atom. The van der Waals surface area contributed by atoms with Crippen LogP contribution in [0.25, 0.3) is 0 Å². The number of aromatic carboxylic acids is 1. The van der Waals surface area contributed by atoms with E-state index in [-0.39, 0.29) is 47.3 Å². The minimum Gasteiger partial charge on any atom is -0.486 e. The Labute approximate surface area is 258 Å². The number of hydrogen-bond acceptors (Lipinski definition) is 6. The average molecular weight is 629 g/mol. The van der Waals surface area contributed by atoms with Gasteiger partial charge < -0.3 is 30.5 Å². The molecule has 13 heteroatoms. The minimum atomic E-state index is -4.51. The van der Waals surface area contributed by atoms with Gasteiger partial charge in [0.15, 0.2) is 5.75 Å². The van der Waals surface area contributed by atoms with Crippen molar-refractivity contribution in [1.82, 2.24) is 9.80 Å². The van der Waals surface area contributed by atoms with Gasteiger partial charge in [0.05, 0.1) is 35.0 Å². The number of nitrogens with zero attached hydrogens (tertiary/aromatic N) is 2. The Kier molecular flexibility index (Phi) is 10.3. The largest absolute Gasteiger partial charge is 0.486 e. The van der Waals surface area contributed by atoms with E-state index in [0.29, 0.717) is 13.1 Å². The molecule has 0 saturated heterocycles. The summed E-state index contributed by atoms with van der Waals surface area (Å²) >= 11 is 0. The first-order chi connectivity index (χ1) is 21.3. The fourth-order valence-electron chi connectivity index (χ4n) is 5.02. The molecular formula is C32H35F3N4O6. The highest BCUT2D eigenvalue weighted by Crippen LogP contribution is 2.35. The van der Waals surface area contributed by atoms with Crippen LogP contribution < -0.4 is 15.4 Å². The quantitative estimate of drug-likeness (QED) is 0.250. The highest BCUT2D eigenvalue weighted by Gasteiger charge is 2.35. The molecule has 1 aliphatic rings. The van der Waals surface area contributed by atoms with Gasteiger partial charge in [0.25, 0.3) is 5.91 Å². The van der Waals surface area contributed by atoms with E-state index in [4.69, 9.17) is 4.74 Å². The van der Waals surface area contributed by atoms with E-state index in [2.05, 4.69) is 10.6 Å². The zero-order chi connectivity index (χ0) is 32.9. The molecule has 4 N–H and O–H groups in total.